The quantitative estimate of drug-likeness (QED) is 0.815. The lowest BCUT2D eigenvalue weighted by atomic mass is 10.2. The molecule has 1 aliphatic rings. The van der Waals surface area contributed by atoms with Crippen molar-refractivity contribution < 1.29 is 9.90 Å². The molecule has 5 heteroatoms. The van der Waals surface area contributed by atoms with Crippen molar-refractivity contribution in [2.24, 2.45) is 5.92 Å². The van der Waals surface area contributed by atoms with Gasteiger partial charge in [0.1, 0.15) is 0 Å². The summed E-state index contributed by atoms with van der Waals surface area (Å²) in [6.45, 7) is 0.387. The summed E-state index contributed by atoms with van der Waals surface area (Å²) in [5.41, 5.74) is 0.813. The molecule has 1 aliphatic carbocycles. The van der Waals surface area contributed by atoms with Crippen LogP contribution >= 0.6 is 11.8 Å². The molecule has 1 aromatic rings. The second kappa shape index (κ2) is 6.30. The van der Waals surface area contributed by atoms with Crippen LogP contribution in [0.3, 0.4) is 0 Å². The zero-order chi connectivity index (χ0) is 13.8. The molecule has 2 amide bonds. The molecule has 0 bridgehead atoms. The number of carbonyl (C=O) groups excluding carboxylic acids is 1. The molecule has 2 rings (SSSR count). The number of rotatable bonds is 5. The number of amides is 2. The summed E-state index contributed by atoms with van der Waals surface area (Å²) in [5.74, 6) is 0.383. The van der Waals surface area contributed by atoms with Crippen molar-refractivity contribution in [1.29, 1.82) is 0 Å². The highest BCUT2D eigenvalue weighted by molar-refractivity contribution is 7.98. The Labute approximate surface area is 118 Å². The van der Waals surface area contributed by atoms with Gasteiger partial charge in [-0.15, -0.1) is 11.8 Å². The fraction of sp³-hybridized carbons (Fsp3) is 0.500. The van der Waals surface area contributed by atoms with Crippen molar-refractivity contribution in [1.82, 2.24) is 4.90 Å². The topological polar surface area (TPSA) is 52.6 Å². The smallest absolute Gasteiger partial charge is 0.321 e. The van der Waals surface area contributed by atoms with Gasteiger partial charge in [-0.05, 0) is 37.1 Å². The van der Waals surface area contributed by atoms with Gasteiger partial charge in [0.25, 0.3) is 0 Å². The fourth-order valence-electron chi connectivity index (χ4n) is 1.95. The van der Waals surface area contributed by atoms with Crippen molar-refractivity contribution in [2.75, 3.05) is 25.2 Å². The molecule has 0 spiro atoms. The number of carbonyl (C=O) groups is 1. The molecule has 104 valence electrons. The molecule has 1 aromatic carbocycles. The molecule has 19 heavy (non-hydrogen) atoms. The SMILES string of the molecule is CSc1ccccc1NC(=O)N(C)CC(O)C1CC1. The molecule has 1 saturated carbocycles. The third kappa shape index (κ3) is 3.88. The van der Waals surface area contributed by atoms with Crippen LogP contribution in [0.1, 0.15) is 12.8 Å². The van der Waals surface area contributed by atoms with E-state index < -0.39 is 6.10 Å². The van der Waals surface area contributed by atoms with Gasteiger partial charge in [-0.1, -0.05) is 12.1 Å². The Morgan fingerprint density at radius 1 is 1.53 bits per heavy atom. The molecule has 4 nitrogen and oxygen atoms in total. The van der Waals surface area contributed by atoms with Gasteiger partial charge in [0.05, 0.1) is 11.8 Å². The molecule has 0 aromatic heterocycles. The third-order valence-electron chi connectivity index (χ3n) is 3.32. The summed E-state index contributed by atoms with van der Waals surface area (Å²) in [6.07, 6.45) is 3.73. The highest BCUT2D eigenvalue weighted by atomic mass is 32.2. The summed E-state index contributed by atoms with van der Waals surface area (Å²) in [5, 5.41) is 12.7. The van der Waals surface area contributed by atoms with Crippen molar-refractivity contribution in [3.05, 3.63) is 24.3 Å². The Balaban J connectivity index is 1.92. The van der Waals surface area contributed by atoms with Gasteiger partial charge >= 0.3 is 6.03 Å². The predicted molar refractivity (Wildman–Crippen MR) is 78.6 cm³/mol. The second-order valence-corrected chi connectivity index (χ2v) is 5.76. The minimum Gasteiger partial charge on any atom is -0.391 e. The first kappa shape index (κ1) is 14.2. The van der Waals surface area contributed by atoms with E-state index >= 15 is 0 Å². The van der Waals surface area contributed by atoms with Crippen LogP contribution in [0, 0.1) is 5.92 Å². The number of hydrogen-bond acceptors (Lipinski definition) is 3. The van der Waals surface area contributed by atoms with Gasteiger partial charge in [-0.25, -0.2) is 4.79 Å². The number of para-hydroxylation sites is 1. The van der Waals surface area contributed by atoms with E-state index in [4.69, 9.17) is 0 Å². The minimum absolute atomic E-state index is 0.179. The van der Waals surface area contributed by atoms with Crippen LogP contribution in [0.15, 0.2) is 29.2 Å². The van der Waals surface area contributed by atoms with Gasteiger partial charge in [-0.3, -0.25) is 0 Å². The molecule has 0 aliphatic heterocycles. The number of urea groups is 1. The average molecular weight is 280 g/mol. The van der Waals surface area contributed by atoms with Crippen LogP contribution in [-0.2, 0) is 0 Å². The largest absolute Gasteiger partial charge is 0.391 e. The van der Waals surface area contributed by atoms with Crippen LogP contribution in [-0.4, -0.2) is 42.0 Å². The number of benzene rings is 1. The van der Waals surface area contributed by atoms with Crippen molar-refractivity contribution in [3.63, 3.8) is 0 Å². The molecular formula is C14H20N2O2S. The summed E-state index contributed by atoms with van der Waals surface area (Å²) >= 11 is 1.60. The van der Waals surface area contributed by atoms with Gasteiger partial charge in [0.2, 0.25) is 0 Å². The molecule has 2 N–H and O–H groups in total. The van der Waals surface area contributed by atoms with E-state index in [2.05, 4.69) is 5.32 Å². The van der Waals surface area contributed by atoms with Gasteiger partial charge in [0.15, 0.2) is 0 Å². The summed E-state index contributed by atoms with van der Waals surface area (Å²) < 4.78 is 0. The first-order valence-corrected chi connectivity index (χ1v) is 7.67. The Bertz CT molecular complexity index is 449. The summed E-state index contributed by atoms with van der Waals surface area (Å²) in [6, 6.07) is 7.52. The maximum atomic E-state index is 12.1. The number of nitrogens with zero attached hydrogens (tertiary/aromatic N) is 1. The molecule has 1 atom stereocenters. The van der Waals surface area contributed by atoms with Gasteiger partial charge in [0, 0.05) is 18.5 Å². The normalized spacial score (nSPS) is 15.9. The van der Waals surface area contributed by atoms with Crippen LogP contribution in [0.5, 0.6) is 0 Å². The number of likely N-dealkylation sites (N-methyl/N-ethyl adjacent to an activating group) is 1. The van der Waals surface area contributed by atoms with Crippen LogP contribution < -0.4 is 5.32 Å². The molecule has 0 radical (unpaired) electrons. The van der Waals surface area contributed by atoms with Crippen LogP contribution in [0.4, 0.5) is 10.5 Å². The lowest BCUT2D eigenvalue weighted by Gasteiger charge is -2.21. The van der Waals surface area contributed by atoms with E-state index in [0.717, 1.165) is 23.4 Å². The molecular weight excluding hydrogens is 260 g/mol. The number of nitrogens with one attached hydrogen (secondary N) is 1. The first-order chi connectivity index (χ1) is 9.11. The Morgan fingerprint density at radius 2 is 2.21 bits per heavy atom. The Hall–Kier alpha value is -1.20. The van der Waals surface area contributed by atoms with Crippen molar-refractivity contribution in [3.8, 4) is 0 Å². The average Bonchev–Trinajstić information content (AvgIpc) is 3.23. The Morgan fingerprint density at radius 3 is 2.84 bits per heavy atom. The van der Waals surface area contributed by atoms with Gasteiger partial charge in [-0.2, -0.15) is 0 Å². The lowest BCUT2D eigenvalue weighted by Crippen LogP contribution is -2.38. The molecule has 0 heterocycles. The molecule has 1 unspecified atom stereocenters. The minimum atomic E-state index is -0.397. The predicted octanol–water partition coefficient (Wildman–Crippen LogP) is 2.64. The fourth-order valence-corrected chi connectivity index (χ4v) is 2.51. The van der Waals surface area contributed by atoms with E-state index in [1.807, 2.05) is 30.5 Å². The number of thioether (sulfide) groups is 1. The second-order valence-electron chi connectivity index (χ2n) is 4.92. The maximum absolute atomic E-state index is 12.1. The van der Waals surface area contributed by atoms with E-state index in [1.165, 1.54) is 0 Å². The highest BCUT2D eigenvalue weighted by Gasteiger charge is 2.31. The molecule has 0 saturated heterocycles. The Kier molecular flexibility index (Phi) is 4.71. The van der Waals surface area contributed by atoms with Gasteiger partial charge < -0.3 is 15.3 Å². The van der Waals surface area contributed by atoms with Crippen LogP contribution in [0.25, 0.3) is 0 Å². The van der Waals surface area contributed by atoms with Crippen LogP contribution in [0.2, 0.25) is 0 Å². The maximum Gasteiger partial charge on any atom is 0.321 e. The van der Waals surface area contributed by atoms with E-state index in [0.29, 0.717) is 12.5 Å². The first-order valence-electron chi connectivity index (χ1n) is 6.45. The van der Waals surface area contributed by atoms with E-state index in [1.54, 1.807) is 23.7 Å². The number of hydrogen-bond donors (Lipinski definition) is 2. The zero-order valence-electron chi connectivity index (χ0n) is 11.3. The zero-order valence-corrected chi connectivity index (χ0v) is 12.1. The third-order valence-corrected chi connectivity index (χ3v) is 4.12. The number of anilines is 1. The highest BCUT2D eigenvalue weighted by Crippen LogP contribution is 2.32. The standard InChI is InChI=1S/C14H20N2O2S/c1-16(9-12(17)10-7-8-10)14(18)15-11-5-3-4-6-13(11)19-2/h3-6,10,12,17H,7-9H2,1-2H3,(H,15,18). The van der Waals surface area contributed by atoms with E-state index in [9.17, 15) is 9.90 Å². The van der Waals surface area contributed by atoms with Crippen molar-refractivity contribution in [2.45, 2.75) is 23.8 Å². The summed E-state index contributed by atoms with van der Waals surface area (Å²) in [4.78, 5) is 14.6. The van der Waals surface area contributed by atoms with Crippen molar-refractivity contribution >= 4 is 23.5 Å². The monoisotopic (exact) mass is 280 g/mol. The van der Waals surface area contributed by atoms with E-state index in [-0.39, 0.29) is 6.03 Å². The number of aliphatic hydroxyl groups is 1. The lowest BCUT2D eigenvalue weighted by molar-refractivity contribution is 0.117. The summed E-state index contributed by atoms with van der Waals surface area (Å²) in [7, 11) is 1.71. The molecule has 1 fully saturated rings. The number of aliphatic hydroxyl groups excluding tert-OH is 1.